The molecule has 1 heterocycles. The van der Waals surface area contributed by atoms with Crippen LogP contribution >= 0.6 is 22.6 Å². The number of aromatic nitrogens is 2. The quantitative estimate of drug-likeness (QED) is 0.538. The van der Waals surface area contributed by atoms with Gasteiger partial charge in [-0.3, -0.25) is 0 Å². The average molecular weight is 239 g/mol. The number of nitrogens with zero attached hydrogens (tertiary/aromatic N) is 2. The van der Waals surface area contributed by atoms with E-state index in [2.05, 4.69) is 9.97 Å². The predicted molar refractivity (Wildman–Crippen MR) is 39.1 cm³/mol. The first-order chi connectivity index (χ1) is 4.20. The lowest BCUT2D eigenvalue weighted by atomic mass is 10.6. The van der Waals surface area contributed by atoms with E-state index in [9.17, 15) is 4.39 Å². The van der Waals surface area contributed by atoms with E-state index in [1.807, 2.05) is 22.6 Å². The van der Waals surface area contributed by atoms with Crippen LogP contribution in [0, 0.1) is 9.65 Å². The van der Waals surface area contributed by atoms with E-state index in [0.717, 1.165) is 6.20 Å². The third-order valence-corrected chi connectivity index (χ3v) is 1.26. The van der Waals surface area contributed by atoms with Gasteiger partial charge in [0, 0.05) is 22.6 Å². The second kappa shape index (κ2) is 2.42. The lowest BCUT2D eigenvalue weighted by Crippen LogP contribution is -1.97. The van der Waals surface area contributed by atoms with Crippen molar-refractivity contribution in [3.63, 3.8) is 0 Å². The highest BCUT2D eigenvalue weighted by molar-refractivity contribution is 14.1. The Morgan fingerprint density at radius 1 is 1.67 bits per heavy atom. The second-order valence-corrected chi connectivity index (χ2v) is 2.34. The molecule has 5 heteroatoms. The Morgan fingerprint density at radius 2 is 2.33 bits per heavy atom. The Kier molecular flexibility index (Phi) is 1.79. The lowest BCUT2D eigenvalue weighted by Gasteiger charge is -1.92. The van der Waals surface area contributed by atoms with Gasteiger partial charge in [0.1, 0.15) is 0 Å². The SMILES string of the molecule is Nc1nc(I)ncc1F. The van der Waals surface area contributed by atoms with Crippen molar-refractivity contribution in [2.45, 2.75) is 0 Å². The molecule has 0 aromatic carbocycles. The zero-order chi connectivity index (χ0) is 6.85. The third kappa shape index (κ3) is 1.47. The zero-order valence-electron chi connectivity index (χ0n) is 4.31. The summed E-state index contributed by atoms with van der Waals surface area (Å²) in [7, 11) is 0. The van der Waals surface area contributed by atoms with E-state index in [-0.39, 0.29) is 5.82 Å². The maximum Gasteiger partial charge on any atom is 0.192 e. The van der Waals surface area contributed by atoms with Gasteiger partial charge in [-0.05, 0) is 0 Å². The summed E-state index contributed by atoms with van der Waals surface area (Å²) in [6, 6.07) is 0. The van der Waals surface area contributed by atoms with Gasteiger partial charge in [-0.1, -0.05) is 0 Å². The minimum Gasteiger partial charge on any atom is -0.381 e. The molecule has 0 bridgehead atoms. The average Bonchev–Trinajstić information content (AvgIpc) is 1.80. The summed E-state index contributed by atoms with van der Waals surface area (Å²) in [6.45, 7) is 0. The molecule has 9 heavy (non-hydrogen) atoms. The molecule has 0 radical (unpaired) electrons. The highest BCUT2D eigenvalue weighted by Gasteiger charge is 1.98. The topological polar surface area (TPSA) is 51.8 Å². The Bertz CT molecular complexity index is 227. The Morgan fingerprint density at radius 3 is 2.78 bits per heavy atom. The highest BCUT2D eigenvalue weighted by atomic mass is 127. The van der Waals surface area contributed by atoms with Crippen molar-refractivity contribution in [1.29, 1.82) is 0 Å². The fraction of sp³-hybridized carbons (Fsp3) is 0. The van der Waals surface area contributed by atoms with Crippen LogP contribution in [0.15, 0.2) is 6.20 Å². The molecule has 0 unspecified atom stereocenters. The number of halogens is 2. The number of hydrogen-bond donors (Lipinski definition) is 1. The van der Waals surface area contributed by atoms with Gasteiger partial charge in [-0.15, -0.1) is 0 Å². The summed E-state index contributed by atoms with van der Waals surface area (Å²) in [4.78, 5) is 7.11. The van der Waals surface area contributed by atoms with Crippen LogP contribution in [0.4, 0.5) is 10.2 Å². The van der Waals surface area contributed by atoms with E-state index >= 15 is 0 Å². The lowest BCUT2D eigenvalue weighted by molar-refractivity contribution is 0.617. The molecule has 1 rings (SSSR count). The molecule has 0 saturated heterocycles. The summed E-state index contributed by atoms with van der Waals surface area (Å²) in [5, 5.41) is 0. The molecule has 0 amide bonds. The van der Waals surface area contributed by atoms with Crippen LogP contribution in [0.2, 0.25) is 0 Å². The van der Waals surface area contributed by atoms with Crippen molar-refractivity contribution in [2.24, 2.45) is 0 Å². The predicted octanol–water partition coefficient (Wildman–Crippen LogP) is 0.802. The molecular formula is C4H3FIN3. The van der Waals surface area contributed by atoms with Gasteiger partial charge in [0.15, 0.2) is 15.5 Å². The fourth-order valence-corrected chi connectivity index (χ4v) is 0.757. The van der Waals surface area contributed by atoms with Gasteiger partial charge in [0.2, 0.25) is 0 Å². The van der Waals surface area contributed by atoms with Gasteiger partial charge >= 0.3 is 0 Å². The second-order valence-electron chi connectivity index (χ2n) is 1.37. The van der Waals surface area contributed by atoms with Crippen LogP contribution in [-0.4, -0.2) is 9.97 Å². The minimum atomic E-state index is -0.574. The molecule has 0 aliphatic heterocycles. The van der Waals surface area contributed by atoms with Crippen molar-refractivity contribution in [3.8, 4) is 0 Å². The van der Waals surface area contributed by atoms with Crippen LogP contribution in [0.3, 0.4) is 0 Å². The Hall–Kier alpha value is -0.460. The molecule has 0 aliphatic rings. The summed E-state index contributed by atoms with van der Waals surface area (Å²) in [5.74, 6) is -0.676. The highest BCUT2D eigenvalue weighted by Crippen LogP contribution is 2.04. The largest absolute Gasteiger partial charge is 0.381 e. The van der Waals surface area contributed by atoms with Gasteiger partial charge in [-0.25, -0.2) is 14.4 Å². The molecule has 0 aliphatic carbocycles. The van der Waals surface area contributed by atoms with Crippen LogP contribution in [-0.2, 0) is 0 Å². The third-order valence-electron chi connectivity index (χ3n) is 0.742. The zero-order valence-corrected chi connectivity index (χ0v) is 6.46. The van der Waals surface area contributed by atoms with E-state index in [4.69, 9.17) is 5.73 Å². The number of nitrogens with two attached hydrogens (primary N) is 1. The molecule has 1 aromatic rings. The maximum absolute atomic E-state index is 12.2. The van der Waals surface area contributed by atoms with Crippen molar-refractivity contribution < 1.29 is 4.39 Å². The van der Waals surface area contributed by atoms with Gasteiger partial charge in [-0.2, -0.15) is 0 Å². The first-order valence-electron chi connectivity index (χ1n) is 2.13. The van der Waals surface area contributed by atoms with Crippen molar-refractivity contribution in [1.82, 2.24) is 9.97 Å². The number of rotatable bonds is 0. The summed E-state index contributed by atoms with van der Waals surface area (Å²) >= 11 is 1.85. The molecule has 48 valence electrons. The number of anilines is 1. The summed E-state index contributed by atoms with van der Waals surface area (Å²) in [5.41, 5.74) is 5.09. The first-order valence-corrected chi connectivity index (χ1v) is 3.21. The molecular weight excluding hydrogens is 236 g/mol. The summed E-state index contributed by atoms with van der Waals surface area (Å²) < 4.78 is 12.7. The van der Waals surface area contributed by atoms with E-state index in [0.29, 0.717) is 3.83 Å². The molecule has 2 N–H and O–H groups in total. The van der Waals surface area contributed by atoms with Gasteiger partial charge in [0.25, 0.3) is 0 Å². The Balaban J connectivity index is 3.17. The van der Waals surface area contributed by atoms with E-state index < -0.39 is 5.82 Å². The van der Waals surface area contributed by atoms with Gasteiger partial charge in [0.05, 0.1) is 6.20 Å². The smallest absolute Gasteiger partial charge is 0.192 e. The number of nitrogen functional groups attached to an aromatic ring is 1. The van der Waals surface area contributed by atoms with E-state index in [1.165, 1.54) is 0 Å². The summed E-state index contributed by atoms with van der Waals surface area (Å²) in [6.07, 6.45) is 1.05. The van der Waals surface area contributed by atoms with Gasteiger partial charge < -0.3 is 5.73 Å². The molecule has 1 aromatic heterocycles. The molecule has 3 nitrogen and oxygen atoms in total. The standard InChI is InChI=1S/C4H3FIN3/c5-2-1-8-4(6)9-3(2)7/h1H,(H2,7,8,9). The maximum atomic E-state index is 12.2. The fourth-order valence-electron chi connectivity index (χ4n) is 0.358. The minimum absolute atomic E-state index is 0.102. The van der Waals surface area contributed by atoms with Crippen molar-refractivity contribution >= 4 is 28.4 Å². The molecule has 0 fully saturated rings. The van der Waals surface area contributed by atoms with Crippen LogP contribution < -0.4 is 5.73 Å². The van der Waals surface area contributed by atoms with Crippen molar-refractivity contribution in [2.75, 3.05) is 5.73 Å². The first kappa shape index (κ1) is 6.66. The molecule has 0 spiro atoms. The Labute approximate surface area is 64.6 Å². The van der Waals surface area contributed by atoms with Crippen LogP contribution in [0.25, 0.3) is 0 Å². The molecule has 0 atom stereocenters. The normalized spacial score (nSPS) is 9.56. The molecule has 0 saturated carbocycles. The van der Waals surface area contributed by atoms with Crippen LogP contribution in [0.5, 0.6) is 0 Å². The van der Waals surface area contributed by atoms with Crippen LogP contribution in [0.1, 0.15) is 0 Å². The number of hydrogen-bond acceptors (Lipinski definition) is 3. The van der Waals surface area contributed by atoms with E-state index in [1.54, 1.807) is 0 Å². The monoisotopic (exact) mass is 239 g/mol. The van der Waals surface area contributed by atoms with Crippen molar-refractivity contribution in [3.05, 3.63) is 15.8 Å².